The molecule has 0 heterocycles. The summed E-state index contributed by atoms with van der Waals surface area (Å²) in [5, 5.41) is 26.4. The van der Waals surface area contributed by atoms with Crippen molar-refractivity contribution in [2.24, 2.45) is 23.5 Å². The summed E-state index contributed by atoms with van der Waals surface area (Å²) in [5.41, 5.74) is 6.06. The van der Waals surface area contributed by atoms with Crippen molar-refractivity contribution in [2.45, 2.75) is 108 Å². The Hall–Kier alpha value is -2.94. The van der Waals surface area contributed by atoms with Gasteiger partial charge in [0.05, 0.1) is 12.6 Å². The third kappa shape index (κ3) is 7.62. The van der Waals surface area contributed by atoms with E-state index < -0.39 is 17.6 Å². The zero-order valence-corrected chi connectivity index (χ0v) is 23.7. The highest BCUT2D eigenvalue weighted by atomic mass is 16.4. The van der Waals surface area contributed by atoms with Gasteiger partial charge in [-0.1, -0.05) is 101 Å². The maximum Gasteiger partial charge on any atom is 0.317 e. The summed E-state index contributed by atoms with van der Waals surface area (Å²) in [4.78, 5) is 39.4. The number of rotatable bonds is 12. The SMILES string of the molecule is N=C(N)c1ccc(CNC(=O)C2(NC(=O)[C@H](NCC(=O)O)C(C3CCCCC3)C3CCCCC3)CCCC2)cc1. The number of aliphatic carboxylic acids is 1. The quantitative estimate of drug-likeness (QED) is 0.171. The van der Waals surface area contributed by atoms with Crippen LogP contribution in [-0.4, -0.2) is 46.9 Å². The second-order valence-corrected chi connectivity index (χ2v) is 12.2. The van der Waals surface area contributed by atoms with Gasteiger partial charge in [-0.05, 0) is 36.2 Å². The van der Waals surface area contributed by atoms with Gasteiger partial charge in [-0.25, -0.2) is 0 Å². The van der Waals surface area contributed by atoms with Crippen LogP contribution in [0.5, 0.6) is 0 Å². The van der Waals surface area contributed by atoms with E-state index in [2.05, 4.69) is 16.0 Å². The lowest BCUT2D eigenvalue weighted by Gasteiger charge is -2.43. The summed E-state index contributed by atoms with van der Waals surface area (Å²) in [6.07, 6.45) is 14.2. The number of benzene rings is 1. The monoisotopic (exact) mass is 553 g/mol. The first-order chi connectivity index (χ1) is 19.3. The van der Waals surface area contributed by atoms with E-state index in [1.165, 1.54) is 12.8 Å². The van der Waals surface area contributed by atoms with E-state index in [1.807, 2.05) is 12.1 Å². The van der Waals surface area contributed by atoms with Gasteiger partial charge in [-0.3, -0.25) is 25.1 Å². The third-order valence-electron chi connectivity index (χ3n) is 9.50. The molecule has 3 saturated carbocycles. The van der Waals surface area contributed by atoms with Crippen LogP contribution in [0.1, 0.15) is 101 Å². The first-order valence-corrected chi connectivity index (χ1v) is 15.3. The lowest BCUT2D eigenvalue weighted by Crippen LogP contribution is -2.63. The lowest BCUT2D eigenvalue weighted by atomic mass is 9.66. The summed E-state index contributed by atoms with van der Waals surface area (Å²) in [5.74, 6) is -0.563. The Labute approximate surface area is 237 Å². The fourth-order valence-corrected chi connectivity index (χ4v) is 7.42. The number of hydrogen-bond acceptors (Lipinski definition) is 5. The lowest BCUT2D eigenvalue weighted by molar-refractivity contribution is -0.138. The molecule has 0 radical (unpaired) electrons. The van der Waals surface area contributed by atoms with Crippen molar-refractivity contribution >= 4 is 23.6 Å². The molecule has 3 aliphatic carbocycles. The number of carbonyl (C=O) groups excluding carboxylic acids is 2. The predicted molar refractivity (Wildman–Crippen MR) is 155 cm³/mol. The molecular formula is C31H47N5O4. The summed E-state index contributed by atoms with van der Waals surface area (Å²) in [7, 11) is 0. The van der Waals surface area contributed by atoms with Gasteiger partial charge in [0.2, 0.25) is 11.8 Å². The number of amidine groups is 1. The first-order valence-electron chi connectivity index (χ1n) is 15.3. The molecule has 3 fully saturated rings. The zero-order valence-electron chi connectivity index (χ0n) is 23.7. The van der Waals surface area contributed by atoms with Crippen LogP contribution >= 0.6 is 0 Å². The molecule has 0 aliphatic heterocycles. The van der Waals surface area contributed by atoms with Crippen molar-refractivity contribution in [3.8, 4) is 0 Å². The van der Waals surface area contributed by atoms with Gasteiger partial charge in [0.1, 0.15) is 11.4 Å². The fraction of sp³-hybridized carbons (Fsp3) is 0.677. The molecule has 1 aromatic rings. The van der Waals surface area contributed by atoms with Crippen LogP contribution < -0.4 is 21.7 Å². The van der Waals surface area contributed by atoms with Gasteiger partial charge < -0.3 is 21.5 Å². The molecule has 1 atom stereocenters. The van der Waals surface area contributed by atoms with Crippen molar-refractivity contribution < 1.29 is 19.5 Å². The number of nitrogens with two attached hydrogens (primary N) is 1. The highest BCUT2D eigenvalue weighted by molar-refractivity contribution is 5.95. The average molecular weight is 554 g/mol. The minimum absolute atomic E-state index is 0.00553. The minimum Gasteiger partial charge on any atom is -0.480 e. The number of carbonyl (C=O) groups is 3. The van der Waals surface area contributed by atoms with Crippen LogP contribution in [0, 0.1) is 23.2 Å². The molecule has 3 aliphatic rings. The molecule has 0 spiro atoms. The van der Waals surface area contributed by atoms with Crippen LogP contribution in [0.2, 0.25) is 0 Å². The summed E-state index contributed by atoms with van der Waals surface area (Å²) in [6.45, 7) is 0.0333. The highest BCUT2D eigenvalue weighted by Gasteiger charge is 2.46. The molecule has 40 heavy (non-hydrogen) atoms. The fourth-order valence-electron chi connectivity index (χ4n) is 7.42. The molecule has 0 saturated heterocycles. The first kappa shape index (κ1) is 30.0. The minimum atomic E-state index is -0.997. The maximum atomic E-state index is 14.1. The largest absolute Gasteiger partial charge is 0.480 e. The molecule has 0 unspecified atom stereocenters. The van der Waals surface area contributed by atoms with Crippen LogP contribution in [-0.2, 0) is 20.9 Å². The van der Waals surface area contributed by atoms with Crippen LogP contribution in [0.15, 0.2) is 24.3 Å². The summed E-state index contributed by atoms with van der Waals surface area (Å²) in [6, 6.07) is 6.55. The maximum absolute atomic E-state index is 14.1. The average Bonchev–Trinajstić information content (AvgIpc) is 3.44. The van der Waals surface area contributed by atoms with E-state index in [9.17, 15) is 19.5 Å². The second-order valence-electron chi connectivity index (χ2n) is 12.2. The molecule has 9 heteroatoms. The van der Waals surface area contributed by atoms with Crippen molar-refractivity contribution in [1.82, 2.24) is 16.0 Å². The van der Waals surface area contributed by atoms with Crippen molar-refractivity contribution in [1.29, 1.82) is 5.41 Å². The standard InChI is InChI=1S/C31H47N5O4/c32-28(33)24-15-13-21(14-16-24)19-35-30(40)31(17-7-8-18-31)36-29(39)27(34-20-25(37)38)26(22-9-3-1-4-10-22)23-11-5-2-6-12-23/h13-16,22-23,26-27,34H,1-12,17-20H2,(H3,32,33)(H,35,40)(H,36,39)(H,37,38)/t27-/m1/s1. The summed E-state index contributed by atoms with van der Waals surface area (Å²) >= 11 is 0. The molecule has 1 aromatic carbocycles. The van der Waals surface area contributed by atoms with E-state index in [0.29, 0.717) is 36.8 Å². The highest BCUT2D eigenvalue weighted by Crippen LogP contribution is 2.42. The Morgan fingerprint density at radius 2 is 1.45 bits per heavy atom. The number of nitrogen functional groups attached to an aromatic ring is 1. The van der Waals surface area contributed by atoms with Gasteiger partial charge in [0.25, 0.3) is 0 Å². The molecular weight excluding hydrogens is 506 g/mol. The normalized spacial score (nSPS) is 20.6. The van der Waals surface area contributed by atoms with Crippen LogP contribution in [0.3, 0.4) is 0 Å². The van der Waals surface area contributed by atoms with Crippen molar-refractivity contribution in [3.63, 3.8) is 0 Å². The topological polar surface area (TPSA) is 157 Å². The van der Waals surface area contributed by atoms with E-state index in [-0.39, 0.29) is 30.1 Å². The Bertz CT molecular complexity index is 1010. The number of hydrogen-bond donors (Lipinski definition) is 6. The number of nitrogens with one attached hydrogen (secondary N) is 4. The smallest absolute Gasteiger partial charge is 0.317 e. The Morgan fingerprint density at radius 3 is 1.95 bits per heavy atom. The number of amides is 2. The molecule has 220 valence electrons. The van der Waals surface area contributed by atoms with E-state index in [1.54, 1.807) is 12.1 Å². The zero-order chi connectivity index (χ0) is 28.5. The number of carboxylic acids is 1. The van der Waals surface area contributed by atoms with Gasteiger partial charge >= 0.3 is 5.97 Å². The van der Waals surface area contributed by atoms with Gasteiger partial charge in [-0.2, -0.15) is 0 Å². The van der Waals surface area contributed by atoms with Gasteiger partial charge in [0, 0.05) is 12.1 Å². The third-order valence-corrected chi connectivity index (χ3v) is 9.50. The van der Waals surface area contributed by atoms with Gasteiger partial charge in [-0.15, -0.1) is 0 Å². The summed E-state index contributed by atoms with van der Waals surface area (Å²) < 4.78 is 0. The van der Waals surface area contributed by atoms with Crippen LogP contribution in [0.25, 0.3) is 0 Å². The molecule has 4 rings (SSSR count). The Kier molecular flexibility index (Phi) is 10.6. The van der Waals surface area contributed by atoms with Crippen LogP contribution in [0.4, 0.5) is 0 Å². The predicted octanol–water partition coefficient (Wildman–Crippen LogP) is 3.84. The van der Waals surface area contributed by atoms with Crippen molar-refractivity contribution in [2.75, 3.05) is 6.54 Å². The molecule has 9 nitrogen and oxygen atoms in total. The molecule has 2 amide bonds. The Balaban J connectivity index is 1.52. The molecule has 0 aromatic heterocycles. The molecule has 7 N–H and O–H groups in total. The van der Waals surface area contributed by atoms with E-state index in [4.69, 9.17) is 11.1 Å². The second kappa shape index (κ2) is 14.1. The van der Waals surface area contributed by atoms with Gasteiger partial charge in [0.15, 0.2) is 0 Å². The van der Waals surface area contributed by atoms with E-state index in [0.717, 1.165) is 69.8 Å². The van der Waals surface area contributed by atoms with Crippen molar-refractivity contribution in [3.05, 3.63) is 35.4 Å². The molecule has 0 bridgehead atoms. The Morgan fingerprint density at radius 1 is 0.900 bits per heavy atom. The van der Waals surface area contributed by atoms with E-state index >= 15 is 0 Å². The number of carboxylic acid groups (broad SMARTS) is 1.